The lowest BCUT2D eigenvalue weighted by molar-refractivity contribution is 0.446. The van der Waals surface area contributed by atoms with Crippen LogP contribution in [0.2, 0.25) is 0 Å². The predicted octanol–water partition coefficient (Wildman–Crippen LogP) is -0.309. The molecule has 0 atom stereocenters. The van der Waals surface area contributed by atoms with Gasteiger partial charge in [0.05, 0.1) is 6.20 Å². The molecular formula is C8H11BN6O. The first-order chi connectivity index (χ1) is 7.81. The Bertz CT molecular complexity index is 456. The van der Waals surface area contributed by atoms with E-state index in [9.17, 15) is 0 Å². The maximum atomic E-state index is 4.89. The minimum Gasteiger partial charge on any atom is -0.422 e. The summed E-state index contributed by atoms with van der Waals surface area (Å²) in [6.45, 7) is 1.82. The molecule has 0 saturated heterocycles. The molecule has 0 bridgehead atoms. The summed E-state index contributed by atoms with van der Waals surface area (Å²) < 4.78 is 6.46. The lowest BCUT2D eigenvalue weighted by Gasteiger charge is -2.04. The molecule has 8 heteroatoms. The number of hydrogen-bond donors (Lipinski definition) is 1. The van der Waals surface area contributed by atoms with E-state index in [1.807, 2.05) is 19.1 Å². The first kappa shape index (κ1) is 10.6. The van der Waals surface area contributed by atoms with E-state index in [0.717, 1.165) is 5.69 Å². The van der Waals surface area contributed by atoms with Crippen LogP contribution in [0.25, 0.3) is 5.82 Å². The highest BCUT2D eigenvalue weighted by molar-refractivity contribution is 6.32. The van der Waals surface area contributed by atoms with Gasteiger partial charge in [0.1, 0.15) is 0 Å². The van der Waals surface area contributed by atoms with Crippen molar-refractivity contribution in [2.45, 2.75) is 6.92 Å². The van der Waals surface area contributed by atoms with Crippen molar-refractivity contribution in [2.24, 2.45) is 0 Å². The summed E-state index contributed by atoms with van der Waals surface area (Å²) in [5, 5.41) is 14.2. The molecule has 2 rings (SSSR count). The van der Waals surface area contributed by atoms with E-state index in [2.05, 4.69) is 25.7 Å². The molecule has 82 valence electrons. The average Bonchev–Trinajstić information content (AvgIpc) is 2.74. The van der Waals surface area contributed by atoms with Crippen molar-refractivity contribution >= 4 is 13.3 Å². The number of anilines is 1. The summed E-state index contributed by atoms with van der Waals surface area (Å²) in [6.07, 6.45) is 1.70. The Hall–Kier alpha value is -1.96. The summed E-state index contributed by atoms with van der Waals surface area (Å²) in [7, 11) is 2.07. The Morgan fingerprint density at radius 1 is 1.44 bits per heavy atom. The van der Waals surface area contributed by atoms with Crippen molar-refractivity contribution < 1.29 is 4.65 Å². The van der Waals surface area contributed by atoms with Crippen LogP contribution in [0.15, 0.2) is 18.3 Å². The van der Waals surface area contributed by atoms with Gasteiger partial charge in [-0.2, -0.15) is 4.68 Å². The molecule has 0 aliphatic heterocycles. The van der Waals surface area contributed by atoms with Crippen molar-refractivity contribution in [3.05, 3.63) is 24.2 Å². The SMILES string of the molecule is COBNc1ccc(-n2nnnc2C)nc1. The Labute approximate surface area is 93.1 Å². The molecule has 0 saturated carbocycles. The maximum Gasteiger partial charge on any atom is 0.393 e. The Balaban J connectivity index is 2.16. The molecule has 0 unspecified atom stereocenters. The number of rotatable bonds is 4. The molecule has 0 aliphatic rings. The van der Waals surface area contributed by atoms with Gasteiger partial charge >= 0.3 is 7.62 Å². The third-order valence-corrected chi connectivity index (χ3v) is 2.01. The van der Waals surface area contributed by atoms with Crippen LogP contribution >= 0.6 is 0 Å². The van der Waals surface area contributed by atoms with Gasteiger partial charge < -0.3 is 9.88 Å². The topological polar surface area (TPSA) is 77.8 Å². The van der Waals surface area contributed by atoms with E-state index in [0.29, 0.717) is 19.3 Å². The second kappa shape index (κ2) is 4.71. The fraction of sp³-hybridized carbons (Fsp3) is 0.250. The van der Waals surface area contributed by atoms with Crippen LogP contribution in [0.4, 0.5) is 5.69 Å². The highest BCUT2D eigenvalue weighted by Gasteiger charge is 2.04. The van der Waals surface area contributed by atoms with Crippen LogP contribution in [0, 0.1) is 6.92 Å². The molecule has 0 radical (unpaired) electrons. The molecule has 7 nitrogen and oxygen atoms in total. The fourth-order valence-corrected chi connectivity index (χ4v) is 1.21. The minimum absolute atomic E-state index is 0.449. The number of aromatic nitrogens is 5. The summed E-state index contributed by atoms with van der Waals surface area (Å²) in [5.74, 6) is 1.38. The van der Waals surface area contributed by atoms with Gasteiger partial charge in [-0.3, -0.25) is 0 Å². The Morgan fingerprint density at radius 2 is 2.31 bits per heavy atom. The smallest absolute Gasteiger partial charge is 0.393 e. The quantitative estimate of drug-likeness (QED) is 0.709. The first-order valence-electron chi connectivity index (χ1n) is 4.75. The van der Waals surface area contributed by atoms with Crippen LogP contribution in [-0.4, -0.2) is 39.9 Å². The van der Waals surface area contributed by atoms with Crippen molar-refractivity contribution in [3.8, 4) is 5.82 Å². The first-order valence-corrected chi connectivity index (χ1v) is 4.75. The Kier molecular flexibility index (Phi) is 3.11. The van der Waals surface area contributed by atoms with Gasteiger partial charge in [0, 0.05) is 12.8 Å². The molecule has 0 fully saturated rings. The van der Waals surface area contributed by atoms with Crippen molar-refractivity contribution in [2.75, 3.05) is 12.3 Å². The van der Waals surface area contributed by atoms with Gasteiger partial charge in [-0.25, -0.2) is 4.98 Å². The molecule has 2 aromatic heterocycles. The second-order valence-electron chi connectivity index (χ2n) is 3.15. The minimum atomic E-state index is 0.449. The van der Waals surface area contributed by atoms with Gasteiger partial charge in [-0.1, -0.05) is 0 Å². The average molecular weight is 218 g/mol. The zero-order chi connectivity index (χ0) is 11.4. The summed E-state index contributed by atoms with van der Waals surface area (Å²) in [6, 6.07) is 3.73. The van der Waals surface area contributed by atoms with E-state index < -0.39 is 0 Å². The van der Waals surface area contributed by atoms with Crippen LogP contribution in [0.5, 0.6) is 0 Å². The number of nitrogens with one attached hydrogen (secondary N) is 1. The molecule has 0 aliphatic carbocycles. The third kappa shape index (κ3) is 2.17. The van der Waals surface area contributed by atoms with Crippen LogP contribution in [0.1, 0.15) is 5.82 Å². The van der Waals surface area contributed by atoms with Crippen molar-refractivity contribution in [1.29, 1.82) is 0 Å². The number of aryl methyl sites for hydroxylation is 1. The molecule has 2 heterocycles. The molecule has 2 aromatic rings. The lowest BCUT2D eigenvalue weighted by Crippen LogP contribution is -2.09. The zero-order valence-electron chi connectivity index (χ0n) is 9.08. The highest BCUT2D eigenvalue weighted by atomic mass is 16.4. The van der Waals surface area contributed by atoms with Crippen molar-refractivity contribution in [1.82, 2.24) is 25.2 Å². The molecule has 1 N–H and O–H groups in total. The van der Waals surface area contributed by atoms with Gasteiger partial charge in [-0.15, -0.1) is 5.10 Å². The summed E-state index contributed by atoms with van der Waals surface area (Å²) in [4.78, 5) is 4.24. The van der Waals surface area contributed by atoms with Gasteiger partial charge in [0.2, 0.25) is 0 Å². The van der Waals surface area contributed by atoms with Gasteiger partial charge in [0.15, 0.2) is 11.6 Å². The van der Waals surface area contributed by atoms with E-state index >= 15 is 0 Å². The standard InChI is InChI=1S/C8H11BN6O/c1-6-12-13-14-15(6)8-4-3-7(5-10-8)11-9-16-2/h3-5,9,11H,1-2H3. The maximum absolute atomic E-state index is 4.89. The largest absolute Gasteiger partial charge is 0.422 e. The van der Waals surface area contributed by atoms with Crippen LogP contribution in [0.3, 0.4) is 0 Å². The highest BCUT2D eigenvalue weighted by Crippen LogP contribution is 2.08. The van der Waals surface area contributed by atoms with Crippen LogP contribution < -0.4 is 5.23 Å². The number of hydrogen-bond acceptors (Lipinski definition) is 6. The summed E-state index contributed by atoms with van der Waals surface area (Å²) in [5.41, 5.74) is 0.885. The van der Waals surface area contributed by atoms with Gasteiger partial charge in [0.25, 0.3) is 0 Å². The monoisotopic (exact) mass is 218 g/mol. The van der Waals surface area contributed by atoms with Crippen molar-refractivity contribution in [3.63, 3.8) is 0 Å². The van der Waals surface area contributed by atoms with Crippen LogP contribution in [-0.2, 0) is 4.65 Å². The molecule has 0 spiro atoms. The molecule has 0 amide bonds. The fourth-order valence-electron chi connectivity index (χ4n) is 1.21. The normalized spacial score (nSPS) is 10.1. The second-order valence-corrected chi connectivity index (χ2v) is 3.15. The van der Waals surface area contributed by atoms with E-state index in [1.165, 1.54) is 0 Å². The summed E-state index contributed by atoms with van der Waals surface area (Å²) >= 11 is 0. The zero-order valence-corrected chi connectivity index (χ0v) is 9.08. The lowest BCUT2D eigenvalue weighted by atomic mass is 10.2. The van der Waals surface area contributed by atoms with E-state index in [4.69, 9.17) is 4.65 Å². The van der Waals surface area contributed by atoms with E-state index in [-0.39, 0.29) is 0 Å². The van der Waals surface area contributed by atoms with E-state index in [1.54, 1.807) is 18.0 Å². The number of tetrazole rings is 1. The molecular weight excluding hydrogens is 207 g/mol. The number of nitrogens with zero attached hydrogens (tertiary/aromatic N) is 5. The molecule has 16 heavy (non-hydrogen) atoms. The molecule has 0 aromatic carbocycles. The van der Waals surface area contributed by atoms with Gasteiger partial charge in [-0.05, 0) is 29.5 Å². The predicted molar refractivity (Wildman–Crippen MR) is 59.5 cm³/mol. The third-order valence-electron chi connectivity index (χ3n) is 2.01. The Morgan fingerprint density at radius 3 is 2.88 bits per heavy atom. The number of pyridine rings is 1.